The van der Waals surface area contributed by atoms with Gasteiger partial charge in [0.25, 0.3) is 0 Å². The normalized spacial score (nSPS) is 15.1. The molecule has 2 heterocycles. The van der Waals surface area contributed by atoms with Gasteiger partial charge in [-0.05, 0) is 35.7 Å². The molecule has 0 aliphatic carbocycles. The summed E-state index contributed by atoms with van der Waals surface area (Å²) in [7, 11) is 0. The maximum atomic E-state index is 12.6. The largest absolute Gasteiger partial charge is 0.416 e. The zero-order valence-corrected chi connectivity index (χ0v) is 15.4. The molecule has 0 saturated carbocycles. The summed E-state index contributed by atoms with van der Waals surface area (Å²) in [5.41, 5.74) is 0.0402. The van der Waals surface area contributed by atoms with Crippen molar-refractivity contribution in [3.63, 3.8) is 0 Å². The van der Waals surface area contributed by atoms with Crippen LogP contribution in [0.15, 0.2) is 41.8 Å². The number of hydrogen-bond donors (Lipinski definition) is 0. The average molecular weight is 396 g/mol. The fourth-order valence-corrected chi connectivity index (χ4v) is 3.71. The number of carbonyl (C=O) groups is 2. The van der Waals surface area contributed by atoms with Crippen LogP contribution in [0.5, 0.6) is 0 Å². The van der Waals surface area contributed by atoms with E-state index in [0.29, 0.717) is 36.7 Å². The summed E-state index contributed by atoms with van der Waals surface area (Å²) >= 11 is 1.37. The standard InChI is InChI=1S/C19H19F3N2O2S/c20-19(21,22)14-3-5-15(6-4-14)23-9-11-24(12-10-23)18(26)8-7-16(25)17-2-1-13-27-17/h1-6,13H,7-12H2. The molecule has 144 valence electrons. The maximum Gasteiger partial charge on any atom is 0.416 e. The summed E-state index contributed by atoms with van der Waals surface area (Å²) in [6.07, 6.45) is -3.97. The highest BCUT2D eigenvalue weighted by Crippen LogP contribution is 2.30. The number of Topliss-reactive ketones (excluding diaryl/α,β-unsaturated/α-hetero) is 1. The van der Waals surface area contributed by atoms with Gasteiger partial charge in [-0.15, -0.1) is 11.3 Å². The summed E-state index contributed by atoms with van der Waals surface area (Å²) in [5, 5.41) is 1.83. The maximum absolute atomic E-state index is 12.6. The van der Waals surface area contributed by atoms with E-state index in [0.717, 1.165) is 12.1 Å². The molecule has 1 aliphatic heterocycles. The van der Waals surface area contributed by atoms with E-state index in [2.05, 4.69) is 0 Å². The molecule has 1 aromatic carbocycles. The number of halogens is 3. The van der Waals surface area contributed by atoms with Gasteiger partial charge < -0.3 is 9.80 Å². The molecule has 1 fully saturated rings. The summed E-state index contributed by atoms with van der Waals surface area (Å²) in [6, 6.07) is 8.62. The number of hydrogen-bond acceptors (Lipinski definition) is 4. The van der Waals surface area contributed by atoms with Crippen molar-refractivity contribution < 1.29 is 22.8 Å². The van der Waals surface area contributed by atoms with Gasteiger partial charge in [-0.3, -0.25) is 9.59 Å². The van der Waals surface area contributed by atoms with E-state index in [1.807, 2.05) is 10.3 Å². The molecule has 0 bridgehead atoms. The van der Waals surface area contributed by atoms with Crippen LogP contribution < -0.4 is 4.90 Å². The van der Waals surface area contributed by atoms with E-state index in [1.165, 1.54) is 23.5 Å². The number of ketones is 1. The number of carbonyl (C=O) groups excluding carboxylic acids is 2. The van der Waals surface area contributed by atoms with E-state index in [4.69, 9.17) is 0 Å². The Hall–Kier alpha value is -2.35. The molecule has 0 N–H and O–H groups in total. The molecular formula is C19H19F3N2O2S. The molecule has 27 heavy (non-hydrogen) atoms. The molecule has 0 spiro atoms. The van der Waals surface area contributed by atoms with Crippen LogP contribution in [0.4, 0.5) is 18.9 Å². The van der Waals surface area contributed by atoms with E-state index in [1.54, 1.807) is 17.0 Å². The van der Waals surface area contributed by atoms with E-state index in [9.17, 15) is 22.8 Å². The second kappa shape index (κ2) is 8.12. The predicted molar refractivity (Wildman–Crippen MR) is 98.1 cm³/mol. The lowest BCUT2D eigenvalue weighted by molar-refractivity contribution is -0.137. The molecule has 1 amide bonds. The van der Waals surface area contributed by atoms with Crippen LogP contribution in [0.25, 0.3) is 0 Å². The lowest BCUT2D eigenvalue weighted by Crippen LogP contribution is -2.48. The summed E-state index contributed by atoms with van der Waals surface area (Å²) in [4.78, 5) is 28.6. The Kier molecular flexibility index (Phi) is 5.84. The second-order valence-electron chi connectivity index (χ2n) is 6.31. The van der Waals surface area contributed by atoms with Gasteiger partial charge in [0.2, 0.25) is 5.91 Å². The average Bonchev–Trinajstić information content (AvgIpc) is 3.20. The van der Waals surface area contributed by atoms with Crippen LogP contribution in [-0.2, 0) is 11.0 Å². The number of anilines is 1. The number of benzene rings is 1. The number of piperazine rings is 1. The molecule has 0 radical (unpaired) electrons. The van der Waals surface area contributed by atoms with Gasteiger partial charge in [-0.2, -0.15) is 13.2 Å². The Bertz CT molecular complexity index is 780. The highest BCUT2D eigenvalue weighted by Gasteiger charge is 2.30. The molecular weight excluding hydrogens is 377 g/mol. The van der Waals surface area contributed by atoms with Crippen LogP contribution in [0, 0.1) is 0 Å². The zero-order valence-electron chi connectivity index (χ0n) is 14.5. The first-order chi connectivity index (χ1) is 12.8. The van der Waals surface area contributed by atoms with Crippen LogP contribution in [0.3, 0.4) is 0 Å². The summed E-state index contributed by atoms with van der Waals surface area (Å²) < 4.78 is 37.9. The predicted octanol–water partition coefficient (Wildman–Crippen LogP) is 4.08. The van der Waals surface area contributed by atoms with Gasteiger partial charge >= 0.3 is 6.18 Å². The Labute approximate surface area is 159 Å². The number of rotatable bonds is 5. The number of amides is 1. The van der Waals surface area contributed by atoms with Crippen molar-refractivity contribution in [1.82, 2.24) is 4.90 Å². The fraction of sp³-hybridized carbons (Fsp3) is 0.368. The van der Waals surface area contributed by atoms with Crippen LogP contribution in [0.2, 0.25) is 0 Å². The van der Waals surface area contributed by atoms with Crippen molar-refractivity contribution in [3.05, 3.63) is 52.2 Å². The Balaban J connectivity index is 1.48. The van der Waals surface area contributed by atoms with E-state index < -0.39 is 11.7 Å². The van der Waals surface area contributed by atoms with Crippen LogP contribution in [0.1, 0.15) is 28.1 Å². The highest BCUT2D eigenvalue weighted by atomic mass is 32.1. The number of nitrogens with zero attached hydrogens (tertiary/aromatic N) is 2. The van der Waals surface area contributed by atoms with Crippen molar-refractivity contribution >= 4 is 28.7 Å². The third-order valence-corrected chi connectivity index (χ3v) is 5.46. The zero-order chi connectivity index (χ0) is 19.4. The molecule has 1 saturated heterocycles. The van der Waals surface area contributed by atoms with Crippen molar-refractivity contribution in [3.8, 4) is 0 Å². The van der Waals surface area contributed by atoms with Crippen LogP contribution >= 0.6 is 11.3 Å². The quantitative estimate of drug-likeness (QED) is 0.715. The van der Waals surface area contributed by atoms with E-state index in [-0.39, 0.29) is 24.5 Å². The summed E-state index contributed by atoms with van der Waals surface area (Å²) in [5.74, 6) is -0.0892. The topological polar surface area (TPSA) is 40.6 Å². The van der Waals surface area contributed by atoms with E-state index >= 15 is 0 Å². The minimum Gasteiger partial charge on any atom is -0.368 e. The SMILES string of the molecule is O=C(CCC(=O)N1CCN(c2ccc(C(F)(F)F)cc2)CC1)c1cccs1. The van der Waals surface area contributed by atoms with Crippen molar-refractivity contribution in [1.29, 1.82) is 0 Å². The third kappa shape index (κ3) is 4.88. The molecule has 4 nitrogen and oxygen atoms in total. The summed E-state index contributed by atoms with van der Waals surface area (Å²) in [6.45, 7) is 2.09. The molecule has 0 atom stereocenters. The molecule has 1 aromatic heterocycles. The minimum atomic E-state index is -4.34. The van der Waals surface area contributed by atoms with Gasteiger partial charge in [-0.1, -0.05) is 6.07 Å². The van der Waals surface area contributed by atoms with Crippen molar-refractivity contribution in [2.24, 2.45) is 0 Å². The Morgan fingerprint density at radius 1 is 0.963 bits per heavy atom. The number of alkyl halides is 3. The monoisotopic (exact) mass is 396 g/mol. The van der Waals surface area contributed by atoms with Crippen molar-refractivity contribution in [2.75, 3.05) is 31.1 Å². The molecule has 8 heteroatoms. The second-order valence-corrected chi connectivity index (χ2v) is 7.26. The van der Waals surface area contributed by atoms with Gasteiger partial charge in [0, 0.05) is 44.7 Å². The lowest BCUT2D eigenvalue weighted by Gasteiger charge is -2.36. The Morgan fingerprint density at radius 3 is 2.19 bits per heavy atom. The van der Waals surface area contributed by atoms with Gasteiger partial charge in [0.05, 0.1) is 10.4 Å². The molecule has 3 rings (SSSR count). The highest BCUT2D eigenvalue weighted by molar-refractivity contribution is 7.12. The van der Waals surface area contributed by atoms with Crippen LogP contribution in [-0.4, -0.2) is 42.8 Å². The lowest BCUT2D eigenvalue weighted by atomic mass is 10.1. The number of thiophene rings is 1. The first kappa shape index (κ1) is 19.4. The first-order valence-electron chi connectivity index (χ1n) is 8.61. The van der Waals surface area contributed by atoms with Crippen molar-refractivity contribution in [2.45, 2.75) is 19.0 Å². The molecule has 1 aliphatic rings. The Morgan fingerprint density at radius 2 is 1.63 bits per heavy atom. The minimum absolute atomic E-state index is 0.0262. The fourth-order valence-electron chi connectivity index (χ4n) is 3.01. The smallest absolute Gasteiger partial charge is 0.368 e. The molecule has 0 unspecified atom stereocenters. The molecule has 2 aromatic rings. The van der Waals surface area contributed by atoms with Gasteiger partial charge in [-0.25, -0.2) is 0 Å². The first-order valence-corrected chi connectivity index (χ1v) is 9.49. The third-order valence-electron chi connectivity index (χ3n) is 4.55. The van der Waals surface area contributed by atoms with Gasteiger partial charge in [0.1, 0.15) is 0 Å². The van der Waals surface area contributed by atoms with Gasteiger partial charge in [0.15, 0.2) is 5.78 Å².